The van der Waals surface area contributed by atoms with Crippen LogP contribution in [0.1, 0.15) is 0 Å². The molecule has 14 aromatic rings. The van der Waals surface area contributed by atoms with Crippen LogP contribution in [-0.4, -0.2) is 18.3 Å². The van der Waals surface area contributed by atoms with Gasteiger partial charge in [0.25, 0.3) is 0 Å². The molecule has 66 heavy (non-hydrogen) atoms. The van der Waals surface area contributed by atoms with E-state index >= 15 is 0 Å². The molecule has 0 aliphatic carbocycles. The van der Waals surface area contributed by atoms with Gasteiger partial charge in [0, 0.05) is 90.6 Å². The Morgan fingerprint density at radius 3 is 0.879 bits per heavy atom. The van der Waals surface area contributed by atoms with Gasteiger partial charge in [-0.05, 0) is 130 Å². The second-order valence-corrected chi connectivity index (χ2v) is 17.9. The van der Waals surface area contributed by atoms with Crippen molar-refractivity contribution in [2.45, 2.75) is 0 Å². The van der Waals surface area contributed by atoms with Crippen LogP contribution in [0.15, 0.2) is 218 Å². The van der Waals surface area contributed by atoms with Crippen molar-refractivity contribution in [3.63, 3.8) is 0 Å². The van der Waals surface area contributed by atoms with Crippen LogP contribution >= 0.6 is 0 Å². The highest BCUT2D eigenvalue weighted by Crippen LogP contribution is 2.40. The van der Waals surface area contributed by atoms with Gasteiger partial charge in [-0.3, -0.25) is 0 Å². The zero-order chi connectivity index (χ0) is 43.6. The average Bonchev–Trinajstić information content (AvgIpc) is 4.08. The number of aromatic nitrogens is 4. The van der Waals surface area contributed by atoms with E-state index in [1.54, 1.807) is 0 Å². The molecule has 4 heterocycles. The zero-order valence-electron chi connectivity index (χ0n) is 36.6. The fraction of sp³-hybridized carbons (Fsp3) is 0.0323. The molecule has 0 fully saturated rings. The topological polar surface area (TPSA) is 19.7 Å². The number of benzene rings is 10. The van der Waals surface area contributed by atoms with Crippen molar-refractivity contribution in [2.75, 3.05) is 0 Å². The minimum absolute atomic E-state index is 1.15. The number of fused-ring (bicyclic) bond motifs is 12. The van der Waals surface area contributed by atoms with Crippen molar-refractivity contribution in [1.82, 2.24) is 18.3 Å². The Morgan fingerprint density at radius 2 is 0.485 bits per heavy atom. The van der Waals surface area contributed by atoms with Gasteiger partial charge in [0.15, 0.2) is 0 Å². The van der Waals surface area contributed by atoms with E-state index < -0.39 is 0 Å². The SMILES string of the molecule is Cn1c2ccccc2c2cc(-c3cccc(-n4c5ccccc5c5cc(-c6ccc7c(c6)c6ccccc6n7-c6cccc(-c7ccc8c(c7)c7ccccc7n8C)c6)ccc54)c3)ccc21. The average molecular weight is 843 g/mol. The van der Waals surface area contributed by atoms with E-state index in [9.17, 15) is 0 Å². The van der Waals surface area contributed by atoms with Crippen molar-refractivity contribution < 1.29 is 0 Å². The van der Waals surface area contributed by atoms with Crippen LogP contribution in [0.5, 0.6) is 0 Å². The Bertz CT molecular complexity index is 4040. The first kappa shape index (κ1) is 36.8. The van der Waals surface area contributed by atoms with Crippen molar-refractivity contribution in [3.05, 3.63) is 218 Å². The first-order valence-electron chi connectivity index (χ1n) is 22.8. The third-order valence-corrected chi connectivity index (χ3v) is 14.4. The number of nitrogens with zero attached hydrogens (tertiary/aromatic N) is 4. The highest BCUT2D eigenvalue weighted by molar-refractivity contribution is 6.14. The predicted octanol–water partition coefficient (Wildman–Crippen LogP) is 16.2. The quantitative estimate of drug-likeness (QED) is 0.164. The van der Waals surface area contributed by atoms with E-state index in [0.717, 1.165) is 11.4 Å². The standard InChI is InChI=1S/C62H42N4/c1-63-55-21-7-3-17-47(55)51-35-41(25-29-57(51)63)39-13-11-15-45(33-39)65-59-23-9-5-19-49(59)53-37-43(27-31-61(53)65)44-28-32-62-54(38-44)50-20-6-10-24-60(50)66(62)46-16-12-14-40(34-46)42-26-30-58-52(36-42)48-18-4-8-22-56(48)64(58)2/h3-38H,1-2H3. The maximum Gasteiger partial charge on any atom is 0.0541 e. The molecule has 0 spiro atoms. The number of para-hydroxylation sites is 4. The Hall–Kier alpha value is -8.60. The highest BCUT2D eigenvalue weighted by atomic mass is 15.0. The lowest BCUT2D eigenvalue weighted by molar-refractivity contribution is 1.01. The second kappa shape index (κ2) is 13.9. The van der Waals surface area contributed by atoms with Crippen LogP contribution < -0.4 is 0 Å². The molecule has 0 amide bonds. The van der Waals surface area contributed by atoms with Crippen LogP contribution in [0, 0.1) is 0 Å². The summed E-state index contributed by atoms with van der Waals surface area (Å²) in [6.45, 7) is 0. The third-order valence-electron chi connectivity index (χ3n) is 14.4. The molecule has 0 saturated carbocycles. The molecule has 0 atom stereocenters. The van der Waals surface area contributed by atoms with Gasteiger partial charge < -0.3 is 18.3 Å². The van der Waals surface area contributed by atoms with Gasteiger partial charge >= 0.3 is 0 Å². The predicted molar refractivity (Wildman–Crippen MR) is 279 cm³/mol. The van der Waals surface area contributed by atoms with Gasteiger partial charge in [-0.15, -0.1) is 0 Å². The summed E-state index contributed by atoms with van der Waals surface area (Å²) in [6, 6.07) is 80.8. The molecule has 0 radical (unpaired) electrons. The summed E-state index contributed by atoms with van der Waals surface area (Å²) in [6.07, 6.45) is 0. The van der Waals surface area contributed by atoms with Crippen LogP contribution in [0.3, 0.4) is 0 Å². The Morgan fingerprint density at radius 1 is 0.212 bits per heavy atom. The van der Waals surface area contributed by atoms with E-state index in [1.165, 1.54) is 121 Å². The van der Waals surface area contributed by atoms with Crippen molar-refractivity contribution in [2.24, 2.45) is 14.1 Å². The lowest BCUT2D eigenvalue weighted by Gasteiger charge is -2.12. The maximum atomic E-state index is 2.43. The van der Waals surface area contributed by atoms with E-state index in [1.807, 2.05) is 0 Å². The number of aryl methyl sites for hydroxylation is 2. The molecule has 0 saturated heterocycles. The molecule has 4 aromatic heterocycles. The molecule has 0 aliphatic rings. The van der Waals surface area contributed by atoms with Crippen molar-refractivity contribution in [3.8, 4) is 44.8 Å². The van der Waals surface area contributed by atoms with Crippen molar-refractivity contribution in [1.29, 1.82) is 0 Å². The van der Waals surface area contributed by atoms with Crippen LogP contribution in [-0.2, 0) is 14.1 Å². The van der Waals surface area contributed by atoms with Gasteiger partial charge in [0.05, 0.1) is 22.1 Å². The Balaban J connectivity index is 0.865. The minimum atomic E-state index is 1.15. The molecule has 310 valence electrons. The van der Waals surface area contributed by atoms with Gasteiger partial charge in [-0.1, -0.05) is 121 Å². The van der Waals surface area contributed by atoms with E-state index in [2.05, 4.69) is 251 Å². The van der Waals surface area contributed by atoms with Gasteiger partial charge in [0.1, 0.15) is 0 Å². The maximum absolute atomic E-state index is 2.43. The van der Waals surface area contributed by atoms with Gasteiger partial charge in [-0.25, -0.2) is 0 Å². The first-order chi connectivity index (χ1) is 32.6. The number of rotatable bonds is 5. The number of hydrogen-bond acceptors (Lipinski definition) is 0. The van der Waals surface area contributed by atoms with Crippen molar-refractivity contribution >= 4 is 87.2 Å². The summed E-state index contributed by atoms with van der Waals surface area (Å²) in [4.78, 5) is 0. The summed E-state index contributed by atoms with van der Waals surface area (Å²) in [5, 5.41) is 10.1. The molecule has 0 N–H and O–H groups in total. The normalized spacial score (nSPS) is 12.1. The largest absolute Gasteiger partial charge is 0.344 e. The summed E-state index contributed by atoms with van der Waals surface area (Å²) in [7, 11) is 4.32. The zero-order valence-corrected chi connectivity index (χ0v) is 36.6. The van der Waals surface area contributed by atoms with Crippen LogP contribution in [0.2, 0.25) is 0 Å². The fourth-order valence-electron chi connectivity index (χ4n) is 11.2. The lowest BCUT2D eigenvalue weighted by Crippen LogP contribution is -1.94. The highest BCUT2D eigenvalue weighted by Gasteiger charge is 2.18. The van der Waals surface area contributed by atoms with Gasteiger partial charge in [-0.2, -0.15) is 0 Å². The van der Waals surface area contributed by atoms with E-state index in [-0.39, 0.29) is 0 Å². The Kier molecular flexibility index (Phi) is 7.79. The van der Waals surface area contributed by atoms with E-state index in [0.29, 0.717) is 0 Å². The van der Waals surface area contributed by atoms with E-state index in [4.69, 9.17) is 0 Å². The van der Waals surface area contributed by atoms with Crippen LogP contribution in [0.25, 0.3) is 132 Å². The summed E-state index contributed by atoms with van der Waals surface area (Å²) < 4.78 is 9.45. The number of hydrogen-bond donors (Lipinski definition) is 0. The molecular formula is C62H42N4. The molecule has 4 heteroatoms. The molecule has 0 unspecified atom stereocenters. The molecule has 10 aromatic carbocycles. The van der Waals surface area contributed by atoms with Crippen LogP contribution in [0.4, 0.5) is 0 Å². The lowest BCUT2D eigenvalue weighted by atomic mass is 10.0. The second-order valence-electron chi connectivity index (χ2n) is 17.9. The summed E-state index contributed by atoms with van der Waals surface area (Å²) >= 11 is 0. The minimum Gasteiger partial charge on any atom is -0.344 e. The molecule has 0 bridgehead atoms. The molecule has 4 nitrogen and oxygen atoms in total. The summed E-state index contributed by atoms with van der Waals surface area (Å²) in [5.74, 6) is 0. The fourth-order valence-corrected chi connectivity index (χ4v) is 11.2. The first-order valence-corrected chi connectivity index (χ1v) is 22.8. The third kappa shape index (κ3) is 5.33. The van der Waals surface area contributed by atoms with Gasteiger partial charge in [0.2, 0.25) is 0 Å². The molecular weight excluding hydrogens is 801 g/mol. The smallest absolute Gasteiger partial charge is 0.0541 e. The summed E-state index contributed by atoms with van der Waals surface area (Å²) in [5.41, 5.74) is 19.3. The molecule has 14 rings (SSSR count). The monoisotopic (exact) mass is 842 g/mol. The molecule has 0 aliphatic heterocycles. The Labute approximate surface area is 381 Å².